The Morgan fingerprint density at radius 1 is 1.18 bits per heavy atom. The number of rotatable bonds is 6. The first-order valence-electron chi connectivity index (χ1n) is 8.93. The number of aromatic carboxylic acids is 1. The molecule has 1 aliphatic heterocycles. The molecule has 0 saturated carbocycles. The van der Waals surface area contributed by atoms with E-state index in [0.717, 1.165) is 16.7 Å². The van der Waals surface area contributed by atoms with Crippen LogP contribution in [0.4, 0.5) is 0 Å². The number of benzene rings is 2. The number of carbonyl (C=O) groups excluding carboxylic acids is 1. The van der Waals surface area contributed by atoms with Gasteiger partial charge in [0.25, 0.3) is 0 Å². The van der Waals surface area contributed by atoms with Crippen molar-refractivity contribution in [1.29, 1.82) is 0 Å². The van der Waals surface area contributed by atoms with E-state index in [1.54, 1.807) is 12.1 Å². The molecule has 2 aromatic carbocycles. The average molecular weight is 383 g/mol. The van der Waals surface area contributed by atoms with E-state index in [2.05, 4.69) is 5.32 Å². The first kappa shape index (κ1) is 19.9. The van der Waals surface area contributed by atoms with E-state index < -0.39 is 19.0 Å². The van der Waals surface area contributed by atoms with Crippen LogP contribution in [0.1, 0.15) is 32.6 Å². The third kappa shape index (κ3) is 4.17. The highest BCUT2D eigenvalue weighted by molar-refractivity contribution is 6.47. The van der Waals surface area contributed by atoms with Crippen molar-refractivity contribution in [3.8, 4) is 5.75 Å². The van der Waals surface area contributed by atoms with Crippen LogP contribution in [0.3, 0.4) is 0 Å². The van der Waals surface area contributed by atoms with Gasteiger partial charge in [-0.05, 0) is 34.7 Å². The summed E-state index contributed by atoms with van der Waals surface area (Å²) < 4.78 is 5.39. The van der Waals surface area contributed by atoms with Crippen LogP contribution in [-0.2, 0) is 30.7 Å². The van der Waals surface area contributed by atoms with E-state index in [1.807, 2.05) is 18.2 Å². The molecule has 7 N–H and O–H groups in total. The molecule has 0 fully saturated rings. The Labute approximate surface area is 162 Å². The van der Waals surface area contributed by atoms with Crippen molar-refractivity contribution < 1.29 is 24.4 Å². The summed E-state index contributed by atoms with van der Waals surface area (Å²) in [4.78, 5) is 23.8. The largest absolute Gasteiger partial charge is 0.547 e. The Hall–Kier alpha value is -2.88. The fraction of sp³-hybridized carbons (Fsp3) is 0.263. The van der Waals surface area contributed by atoms with Crippen molar-refractivity contribution in [3.05, 3.63) is 64.2 Å². The van der Waals surface area contributed by atoms with Gasteiger partial charge in [-0.1, -0.05) is 30.3 Å². The zero-order valence-corrected chi connectivity index (χ0v) is 15.2. The van der Waals surface area contributed by atoms with Crippen molar-refractivity contribution in [1.82, 2.24) is 5.32 Å². The van der Waals surface area contributed by atoms with Crippen molar-refractivity contribution >= 4 is 19.0 Å². The average Bonchev–Trinajstić information content (AvgIpc) is 2.68. The van der Waals surface area contributed by atoms with Gasteiger partial charge in [-0.2, -0.15) is 0 Å². The number of hydrogen-bond donors (Lipinski definition) is 5. The Morgan fingerprint density at radius 2 is 1.96 bits per heavy atom. The molecule has 0 radical (unpaired) electrons. The highest BCUT2D eigenvalue weighted by Crippen LogP contribution is 2.30. The number of hydrogen-bond acceptors (Lipinski definition) is 6. The topological polar surface area (TPSA) is 148 Å². The second-order valence-electron chi connectivity index (χ2n) is 6.67. The van der Waals surface area contributed by atoms with Crippen LogP contribution in [-0.4, -0.2) is 35.1 Å². The maximum absolute atomic E-state index is 12.5. The van der Waals surface area contributed by atoms with Gasteiger partial charge in [0.05, 0.1) is 17.9 Å². The summed E-state index contributed by atoms with van der Waals surface area (Å²) in [5.41, 5.74) is 14.6. The van der Waals surface area contributed by atoms with E-state index in [9.17, 15) is 19.7 Å². The molecule has 146 valence electrons. The predicted octanol–water partition coefficient (Wildman–Crippen LogP) is -0.0157. The van der Waals surface area contributed by atoms with E-state index in [-0.39, 0.29) is 36.6 Å². The van der Waals surface area contributed by atoms with E-state index >= 15 is 0 Å². The molecule has 8 nitrogen and oxygen atoms in total. The summed E-state index contributed by atoms with van der Waals surface area (Å²) in [6.45, 7) is 0.680. The van der Waals surface area contributed by atoms with Crippen LogP contribution in [0.25, 0.3) is 0 Å². The van der Waals surface area contributed by atoms with Crippen LogP contribution < -0.4 is 21.4 Å². The maximum atomic E-state index is 12.5. The number of carbonyl (C=O) groups is 2. The monoisotopic (exact) mass is 383 g/mol. The second kappa shape index (κ2) is 8.43. The lowest BCUT2D eigenvalue weighted by Gasteiger charge is -2.29. The smallest absolute Gasteiger partial charge is 0.534 e. The SMILES string of the molecule is NCc1ccc(CC(=O)NC2Cc3cccc(C(=O)O)c3OB2O)c(CN)c1. The molecule has 1 amide bonds. The molecule has 1 heterocycles. The summed E-state index contributed by atoms with van der Waals surface area (Å²) in [6.07, 6.45) is 0.363. The summed E-state index contributed by atoms with van der Waals surface area (Å²) in [7, 11) is -1.34. The molecule has 28 heavy (non-hydrogen) atoms. The van der Waals surface area contributed by atoms with Gasteiger partial charge in [0, 0.05) is 13.1 Å². The Balaban J connectivity index is 1.72. The fourth-order valence-corrected chi connectivity index (χ4v) is 3.32. The normalized spacial score (nSPS) is 15.5. The first-order valence-corrected chi connectivity index (χ1v) is 8.93. The molecular formula is C19H22BN3O5. The molecule has 0 bridgehead atoms. The van der Waals surface area contributed by atoms with Gasteiger partial charge in [0.15, 0.2) is 0 Å². The Bertz CT molecular complexity index is 905. The summed E-state index contributed by atoms with van der Waals surface area (Å²) in [5, 5.41) is 22.2. The Morgan fingerprint density at radius 3 is 2.64 bits per heavy atom. The molecule has 1 atom stereocenters. The van der Waals surface area contributed by atoms with Crippen LogP contribution >= 0.6 is 0 Å². The number of nitrogens with one attached hydrogen (secondary N) is 1. The third-order valence-electron chi connectivity index (χ3n) is 4.77. The second-order valence-corrected chi connectivity index (χ2v) is 6.67. The van der Waals surface area contributed by atoms with Crippen molar-refractivity contribution in [2.75, 3.05) is 0 Å². The van der Waals surface area contributed by atoms with Gasteiger partial charge in [-0.15, -0.1) is 0 Å². The molecule has 3 rings (SSSR count). The molecular weight excluding hydrogens is 361 g/mol. The summed E-state index contributed by atoms with van der Waals surface area (Å²) in [6, 6.07) is 10.3. The standard InChI is InChI=1S/C19H22BN3O5/c21-9-11-4-5-12(14(6-11)10-22)8-17(24)23-16-7-13-2-1-3-15(19(25)26)18(13)28-20(16)27/h1-6,16,27H,7-10,21-22H2,(H,23,24)(H,25,26). The molecule has 9 heteroatoms. The number of para-hydroxylation sites is 1. The van der Waals surface area contributed by atoms with Crippen molar-refractivity contribution in [2.24, 2.45) is 11.5 Å². The van der Waals surface area contributed by atoms with E-state index in [4.69, 9.17) is 16.1 Å². The van der Waals surface area contributed by atoms with Gasteiger partial charge in [-0.3, -0.25) is 4.79 Å². The number of amides is 1. The van der Waals surface area contributed by atoms with Crippen LogP contribution in [0.15, 0.2) is 36.4 Å². The number of fused-ring (bicyclic) bond motifs is 1. The van der Waals surface area contributed by atoms with Crippen molar-refractivity contribution in [2.45, 2.75) is 31.9 Å². The van der Waals surface area contributed by atoms with Crippen LogP contribution in [0.5, 0.6) is 5.75 Å². The minimum Gasteiger partial charge on any atom is -0.534 e. The summed E-state index contributed by atoms with van der Waals surface area (Å²) >= 11 is 0. The molecule has 1 aliphatic rings. The van der Waals surface area contributed by atoms with Gasteiger partial charge >= 0.3 is 13.1 Å². The van der Waals surface area contributed by atoms with Crippen LogP contribution in [0.2, 0.25) is 0 Å². The maximum Gasteiger partial charge on any atom is 0.547 e. The van der Waals surface area contributed by atoms with Gasteiger partial charge in [0.2, 0.25) is 5.91 Å². The molecule has 0 saturated heterocycles. The van der Waals surface area contributed by atoms with E-state index in [1.165, 1.54) is 6.07 Å². The predicted molar refractivity (Wildman–Crippen MR) is 104 cm³/mol. The van der Waals surface area contributed by atoms with Crippen LogP contribution in [0, 0.1) is 0 Å². The molecule has 0 aromatic heterocycles. The first-order chi connectivity index (χ1) is 13.4. The number of carboxylic acid groups (broad SMARTS) is 1. The minimum atomic E-state index is -1.34. The number of carboxylic acids is 1. The molecule has 0 aliphatic carbocycles. The lowest BCUT2D eigenvalue weighted by molar-refractivity contribution is -0.120. The lowest BCUT2D eigenvalue weighted by Crippen LogP contribution is -2.53. The molecule has 0 spiro atoms. The quantitative estimate of drug-likeness (QED) is 0.441. The molecule has 2 aromatic rings. The third-order valence-corrected chi connectivity index (χ3v) is 4.77. The highest BCUT2D eigenvalue weighted by Gasteiger charge is 2.37. The molecule has 1 unspecified atom stereocenters. The fourth-order valence-electron chi connectivity index (χ4n) is 3.32. The van der Waals surface area contributed by atoms with Gasteiger partial charge in [-0.25, -0.2) is 4.79 Å². The van der Waals surface area contributed by atoms with Gasteiger partial charge in [0.1, 0.15) is 5.75 Å². The van der Waals surface area contributed by atoms with E-state index in [0.29, 0.717) is 12.1 Å². The van der Waals surface area contributed by atoms with Gasteiger partial charge < -0.3 is 31.6 Å². The zero-order valence-electron chi connectivity index (χ0n) is 15.2. The highest BCUT2D eigenvalue weighted by atomic mass is 16.5. The van der Waals surface area contributed by atoms with Crippen molar-refractivity contribution in [3.63, 3.8) is 0 Å². The Kier molecular flexibility index (Phi) is 5.98. The lowest BCUT2D eigenvalue weighted by atomic mass is 9.72. The zero-order chi connectivity index (χ0) is 20.3. The minimum absolute atomic E-state index is 0.0195. The number of nitrogens with two attached hydrogens (primary N) is 2. The summed E-state index contributed by atoms with van der Waals surface area (Å²) in [5.74, 6) is -1.98.